The molecule has 2 atom stereocenters. The standard InChI is InChI=1S/C16H30N4/c1-12(2)8-16-9-17-14(5)10-19(16)11-15-6-7-20(18-15)13(3)4/h6-7,12-14,16-17H,8-11H2,1-5H3. The first kappa shape index (κ1) is 15.5. The molecular formula is C16H30N4. The Balaban J connectivity index is 2.02. The lowest BCUT2D eigenvalue weighted by Crippen LogP contribution is -2.55. The van der Waals surface area contributed by atoms with Gasteiger partial charge in [-0.3, -0.25) is 9.58 Å². The van der Waals surface area contributed by atoms with Crippen LogP contribution in [0.5, 0.6) is 0 Å². The molecule has 0 radical (unpaired) electrons. The summed E-state index contributed by atoms with van der Waals surface area (Å²) in [4.78, 5) is 2.61. The van der Waals surface area contributed by atoms with Crippen molar-refractivity contribution in [2.45, 2.75) is 65.7 Å². The summed E-state index contributed by atoms with van der Waals surface area (Å²) >= 11 is 0. The highest BCUT2D eigenvalue weighted by Crippen LogP contribution is 2.18. The van der Waals surface area contributed by atoms with Gasteiger partial charge in [0, 0.05) is 44.0 Å². The summed E-state index contributed by atoms with van der Waals surface area (Å²) in [6.45, 7) is 14.4. The van der Waals surface area contributed by atoms with E-state index in [9.17, 15) is 0 Å². The normalized spacial score (nSPS) is 24.8. The minimum atomic E-state index is 0.442. The Hall–Kier alpha value is -0.870. The van der Waals surface area contributed by atoms with Crippen molar-refractivity contribution in [3.8, 4) is 0 Å². The largest absolute Gasteiger partial charge is 0.311 e. The predicted molar refractivity (Wildman–Crippen MR) is 83.7 cm³/mol. The highest BCUT2D eigenvalue weighted by Gasteiger charge is 2.26. The minimum absolute atomic E-state index is 0.442. The van der Waals surface area contributed by atoms with Crippen LogP contribution in [0.4, 0.5) is 0 Å². The van der Waals surface area contributed by atoms with Crippen LogP contribution in [0, 0.1) is 5.92 Å². The van der Waals surface area contributed by atoms with Gasteiger partial charge in [0.15, 0.2) is 0 Å². The van der Waals surface area contributed by atoms with E-state index in [-0.39, 0.29) is 0 Å². The van der Waals surface area contributed by atoms with Crippen LogP contribution < -0.4 is 5.32 Å². The Morgan fingerprint density at radius 1 is 1.35 bits per heavy atom. The summed E-state index contributed by atoms with van der Waals surface area (Å²) in [5, 5.41) is 8.31. The maximum absolute atomic E-state index is 4.70. The van der Waals surface area contributed by atoms with Gasteiger partial charge >= 0.3 is 0 Å². The molecule has 0 amide bonds. The van der Waals surface area contributed by atoms with Gasteiger partial charge in [0.2, 0.25) is 0 Å². The number of hydrogen-bond acceptors (Lipinski definition) is 3. The second-order valence-electron chi connectivity index (χ2n) is 6.90. The molecule has 114 valence electrons. The van der Waals surface area contributed by atoms with Crippen LogP contribution in [0.2, 0.25) is 0 Å². The number of piperazine rings is 1. The molecule has 1 aliphatic rings. The fourth-order valence-electron chi connectivity index (χ4n) is 2.96. The lowest BCUT2D eigenvalue weighted by atomic mass is 9.99. The Labute approximate surface area is 123 Å². The first-order valence-corrected chi connectivity index (χ1v) is 7.97. The predicted octanol–water partition coefficient (Wildman–Crippen LogP) is 2.67. The molecule has 1 aliphatic heterocycles. The van der Waals surface area contributed by atoms with Crippen molar-refractivity contribution in [3.05, 3.63) is 18.0 Å². The van der Waals surface area contributed by atoms with E-state index in [2.05, 4.69) is 61.8 Å². The van der Waals surface area contributed by atoms with Gasteiger partial charge in [-0.05, 0) is 39.2 Å². The highest BCUT2D eigenvalue weighted by molar-refractivity contribution is 5.01. The third-order valence-electron chi connectivity index (χ3n) is 4.03. The van der Waals surface area contributed by atoms with Gasteiger partial charge < -0.3 is 5.32 Å². The van der Waals surface area contributed by atoms with Crippen LogP contribution in [-0.2, 0) is 6.54 Å². The molecule has 1 aromatic rings. The van der Waals surface area contributed by atoms with Crippen LogP contribution in [-0.4, -0.2) is 39.9 Å². The first-order valence-electron chi connectivity index (χ1n) is 7.97. The molecule has 0 aromatic carbocycles. The van der Waals surface area contributed by atoms with Gasteiger partial charge in [0.1, 0.15) is 0 Å². The van der Waals surface area contributed by atoms with Gasteiger partial charge in [-0.15, -0.1) is 0 Å². The average Bonchev–Trinajstić information content (AvgIpc) is 2.81. The first-order chi connectivity index (χ1) is 9.45. The van der Waals surface area contributed by atoms with Crippen molar-refractivity contribution in [2.24, 2.45) is 5.92 Å². The molecule has 1 fully saturated rings. The summed E-state index contributed by atoms with van der Waals surface area (Å²) in [5.74, 6) is 0.742. The molecule has 20 heavy (non-hydrogen) atoms. The smallest absolute Gasteiger partial charge is 0.0765 e. The molecule has 1 saturated heterocycles. The molecule has 0 bridgehead atoms. The third kappa shape index (κ3) is 4.06. The Morgan fingerprint density at radius 2 is 2.10 bits per heavy atom. The van der Waals surface area contributed by atoms with Gasteiger partial charge in [-0.1, -0.05) is 13.8 Å². The van der Waals surface area contributed by atoms with E-state index in [1.807, 2.05) is 0 Å². The van der Waals surface area contributed by atoms with Crippen LogP contribution >= 0.6 is 0 Å². The summed E-state index contributed by atoms with van der Waals surface area (Å²) in [7, 11) is 0. The Kier molecular flexibility index (Phi) is 5.22. The van der Waals surface area contributed by atoms with Gasteiger partial charge in [-0.2, -0.15) is 5.10 Å². The monoisotopic (exact) mass is 278 g/mol. The van der Waals surface area contributed by atoms with E-state index in [1.165, 1.54) is 12.1 Å². The lowest BCUT2D eigenvalue weighted by molar-refractivity contribution is 0.109. The third-order valence-corrected chi connectivity index (χ3v) is 4.03. The summed E-state index contributed by atoms with van der Waals surface area (Å²) in [6.07, 6.45) is 3.35. The molecular weight excluding hydrogens is 248 g/mol. The maximum atomic E-state index is 4.70. The van der Waals surface area contributed by atoms with Crippen LogP contribution in [0.3, 0.4) is 0 Å². The molecule has 0 spiro atoms. The molecule has 2 unspecified atom stereocenters. The number of nitrogens with one attached hydrogen (secondary N) is 1. The fraction of sp³-hybridized carbons (Fsp3) is 0.812. The van der Waals surface area contributed by atoms with Crippen molar-refractivity contribution in [1.29, 1.82) is 0 Å². The van der Waals surface area contributed by atoms with Crippen molar-refractivity contribution in [3.63, 3.8) is 0 Å². The zero-order chi connectivity index (χ0) is 14.7. The topological polar surface area (TPSA) is 33.1 Å². The van der Waals surface area contributed by atoms with E-state index >= 15 is 0 Å². The SMILES string of the molecule is CC(C)CC1CNC(C)CN1Cc1ccn(C(C)C)n1. The summed E-state index contributed by atoms with van der Waals surface area (Å²) < 4.78 is 2.05. The Morgan fingerprint density at radius 3 is 2.70 bits per heavy atom. The van der Waals surface area contributed by atoms with Crippen molar-refractivity contribution < 1.29 is 0 Å². The number of aromatic nitrogens is 2. The van der Waals surface area contributed by atoms with E-state index < -0.39 is 0 Å². The van der Waals surface area contributed by atoms with Gasteiger partial charge in [0.05, 0.1) is 5.69 Å². The Bertz CT molecular complexity index is 410. The van der Waals surface area contributed by atoms with Gasteiger partial charge in [-0.25, -0.2) is 0 Å². The number of hydrogen-bond donors (Lipinski definition) is 1. The molecule has 1 aromatic heterocycles. The quantitative estimate of drug-likeness (QED) is 0.899. The summed E-state index contributed by atoms with van der Waals surface area (Å²) in [5.41, 5.74) is 1.20. The number of rotatable bonds is 5. The molecule has 0 saturated carbocycles. The zero-order valence-electron chi connectivity index (χ0n) is 13.6. The molecule has 1 N–H and O–H groups in total. The molecule has 4 heteroatoms. The summed E-state index contributed by atoms with van der Waals surface area (Å²) in [6, 6.07) is 3.82. The highest BCUT2D eigenvalue weighted by atomic mass is 15.3. The van der Waals surface area contributed by atoms with Gasteiger partial charge in [0.25, 0.3) is 0 Å². The van der Waals surface area contributed by atoms with Crippen LogP contribution in [0.25, 0.3) is 0 Å². The van der Waals surface area contributed by atoms with E-state index in [0.717, 1.165) is 25.6 Å². The molecule has 2 heterocycles. The second-order valence-corrected chi connectivity index (χ2v) is 6.90. The molecule has 2 rings (SSSR count). The molecule has 0 aliphatic carbocycles. The average molecular weight is 278 g/mol. The fourth-order valence-corrected chi connectivity index (χ4v) is 2.96. The van der Waals surface area contributed by atoms with Crippen molar-refractivity contribution in [1.82, 2.24) is 20.0 Å². The zero-order valence-corrected chi connectivity index (χ0v) is 13.6. The maximum Gasteiger partial charge on any atom is 0.0765 e. The van der Waals surface area contributed by atoms with E-state index in [4.69, 9.17) is 5.10 Å². The second kappa shape index (κ2) is 6.72. The van der Waals surface area contributed by atoms with E-state index in [0.29, 0.717) is 18.1 Å². The van der Waals surface area contributed by atoms with E-state index in [1.54, 1.807) is 0 Å². The minimum Gasteiger partial charge on any atom is -0.311 e. The van der Waals surface area contributed by atoms with Crippen molar-refractivity contribution >= 4 is 0 Å². The lowest BCUT2D eigenvalue weighted by Gasteiger charge is -2.39. The van der Waals surface area contributed by atoms with Crippen LogP contribution in [0.15, 0.2) is 12.3 Å². The number of nitrogens with zero attached hydrogens (tertiary/aromatic N) is 3. The van der Waals surface area contributed by atoms with Crippen LogP contribution in [0.1, 0.15) is 52.8 Å². The molecule has 4 nitrogen and oxygen atoms in total. The van der Waals surface area contributed by atoms with Crippen molar-refractivity contribution in [2.75, 3.05) is 13.1 Å².